The number of pyridine rings is 1. The number of carbonyl (C=O) groups excluding carboxylic acids is 1. The topological polar surface area (TPSA) is 77.0 Å². The van der Waals surface area contributed by atoms with Crippen LogP contribution in [0.2, 0.25) is 0 Å². The number of aromatic nitrogens is 3. The van der Waals surface area contributed by atoms with Crippen LogP contribution in [0.15, 0.2) is 67.4 Å². The molecule has 152 valence electrons. The largest absolute Gasteiger partial charge is 0.383 e. The summed E-state index contributed by atoms with van der Waals surface area (Å²) in [6, 6.07) is 16.2. The summed E-state index contributed by atoms with van der Waals surface area (Å²) in [5, 5.41) is 7.80. The quantitative estimate of drug-likeness (QED) is 0.407. The number of hydrogen-bond acceptors (Lipinski definition) is 4. The lowest BCUT2D eigenvalue weighted by atomic mass is 10.0. The Hall–Kier alpha value is -4.11. The van der Waals surface area contributed by atoms with E-state index in [0.29, 0.717) is 24.6 Å². The maximum atomic E-state index is 12.0. The molecule has 1 fully saturated rings. The van der Waals surface area contributed by atoms with Crippen molar-refractivity contribution < 1.29 is 4.79 Å². The third kappa shape index (κ3) is 3.30. The minimum atomic E-state index is -0.0592. The van der Waals surface area contributed by atoms with Crippen molar-refractivity contribution in [1.29, 1.82) is 0 Å². The van der Waals surface area contributed by atoms with Crippen LogP contribution in [0.25, 0.3) is 21.7 Å². The van der Waals surface area contributed by atoms with Gasteiger partial charge in [-0.2, -0.15) is 5.10 Å². The van der Waals surface area contributed by atoms with Crippen LogP contribution in [0.5, 0.6) is 0 Å². The van der Waals surface area contributed by atoms with E-state index in [9.17, 15) is 4.79 Å². The fraction of sp³-hybridized carbons (Fsp3) is 0.160. The number of nitrogen functional groups attached to an aromatic ring is 1. The SMILES string of the molecule is C=CC(=O)N1CCC(n2nc(C#Cc3cccc4ccccc34)c3c(N)nccc32)C1. The molecule has 0 saturated carbocycles. The number of anilines is 1. The van der Waals surface area contributed by atoms with Gasteiger partial charge in [0.25, 0.3) is 0 Å². The van der Waals surface area contributed by atoms with Gasteiger partial charge in [0.1, 0.15) is 11.5 Å². The number of nitrogens with two attached hydrogens (primary N) is 1. The number of nitrogens with zero attached hydrogens (tertiary/aromatic N) is 4. The smallest absolute Gasteiger partial charge is 0.246 e. The van der Waals surface area contributed by atoms with Crippen molar-refractivity contribution in [1.82, 2.24) is 19.7 Å². The maximum Gasteiger partial charge on any atom is 0.246 e. The summed E-state index contributed by atoms with van der Waals surface area (Å²) < 4.78 is 1.94. The second-order valence-electron chi connectivity index (χ2n) is 7.59. The van der Waals surface area contributed by atoms with Crippen LogP contribution in [-0.4, -0.2) is 38.7 Å². The van der Waals surface area contributed by atoms with Crippen LogP contribution >= 0.6 is 0 Å². The molecule has 1 amide bonds. The van der Waals surface area contributed by atoms with Gasteiger partial charge in [-0.3, -0.25) is 9.48 Å². The molecule has 31 heavy (non-hydrogen) atoms. The highest BCUT2D eigenvalue weighted by Gasteiger charge is 2.28. The number of likely N-dealkylation sites (tertiary alicyclic amines) is 1. The van der Waals surface area contributed by atoms with Crippen molar-refractivity contribution in [2.75, 3.05) is 18.8 Å². The average Bonchev–Trinajstić information content (AvgIpc) is 3.43. The van der Waals surface area contributed by atoms with Gasteiger partial charge in [0.2, 0.25) is 5.91 Å². The Morgan fingerprint density at radius 3 is 2.87 bits per heavy atom. The zero-order valence-corrected chi connectivity index (χ0v) is 17.0. The van der Waals surface area contributed by atoms with Crippen molar-refractivity contribution in [3.63, 3.8) is 0 Å². The number of carbonyl (C=O) groups is 1. The Bertz CT molecular complexity index is 1390. The summed E-state index contributed by atoms with van der Waals surface area (Å²) in [6.07, 6.45) is 3.85. The minimum absolute atomic E-state index is 0.0568. The van der Waals surface area contributed by atoms with Gasteiger partial charge < -0.3 is 10.6 Å². The first kappa shape index (κ1) is 18.9. The lowest BCUT2D eigenvalue weighted by Gasteiger charge is -2.15. The molecular formula is C25H21N5O. The molecule has 6 nitrogen and oxygen atoms in total. The molecule has 0 radical (unpaired) electrons. The van der Waals surface area contributed by atoms with E-state index < -0.39 is 0 Å². The average molecular weight is 407 g/mol. The van der Waals surface area contributed by atoms with Crippen LogP contribution in [0.3, 0.4) is 0 Å². The van der Waals surface area contributed by atoms with Crippen molar-refractivity contribution >= 4 is 33.4 Å². The molecule has 0 bridgehead atoms. The highest BCUT2D eigenvalue weighted by molar-refractivity contribution is 5.94. The zero-order valence-electron chi connectivity index (χ0n) is 17.0. The van der Waals surface area contributed by atoms with Crippen LogP contribution in [0.1, 0.15) is 23.7 Å². The number of hydrogen-bond donors (Lipinski definition) is 1. The fourth-order valence-corrected chi connectivity index (χ4v) is 4.21. The Morgan fingerprint density at radius 1 is 1.16 bits per heavy atom. The number of benzene rings is 2. The highest BCUT2D eigenvalue weighted by Crippen LogP contribution is 2.29. The standard InChI is InChI=1S/C25H21N5O/c1-2-23(31)29-15-13-19(16-29)30-22-12-14-27-25(26)24(22)21(28-30)11-10-18-8-5-7-17-6-3-4-9-20(17)18/h2-9,12,14,19H,1,13,15-16H2,(H2,26,27). The van der Waals surface area contributed by atoms with Gasteiger partial charge in [0.15, 0.2) is 0 Å². The molecule has 4 aromatic rings. The Labute approximate surface area is 180 Å². The monoisotopic (exact) mass is 407 g/mol. The lowest BCUT2D eigenvalue weighted by Crippen LogP contribution is -2.27. The van der Waals surface area contributed by atoms with Crippen molar-refractivity contribution in [3.8, 4) is 11.8 Å². The second-order valence-corrected chi connectivity index (χ2v) is 7.59. The molecule has 6 heteroatoms. The molecule has 1 aliphatic rings. The minimum Gasteiger partial charge on any atom is -0.383 e. The molecule has 3 heterocycles. The second kappa shape index (κ2) is 7.62. The van der Waals surface area contributed by atoms with Gasteiger partial charge in [-0.25, -0.2) is 4.98 Å². The van der Waals surface area contributed by atoms with Crippen LogP contribution in [-0.2, 0) is 4.79 Å². The fourth-order valence-electron chi connectivity index (χ4n) is 4.21. The molecule has 2 N–H and O–H groups in total. The van der Waals surface area contributed by atoms with Gasteiger partial charge in [-0.1, -0.05) is 48.9 Å². The summed E-state index contributed by atoms with van der Waals surface area (Å²) in [7, 11) is 0. The van der Waals surface area contributed by atoms with E-state index in [4.69, 9.17) is 10.8 Å². The third-order valence-corrected chi connectivity index (χ3v) is 5.75. The normalized spacial score (nSPS) is 15.7. The summed E-state index contributed by atoms with van der Waals surface area (Å²) >= 11 is 0. The molecule has 1 unspecified atom stereocenters. The predicted molar refractivity (Wildman–Crippen MR) is 122 cm³/mol. The van der Waals surface area contributed by atoms with Crippen molar-refractivity contribution in [3.05, 3.63) is 78.6 Å². The van der Waals surface area contributed by atoms with Gasteiger partial charge in [0.05, 0.1) is 16.9 Å². The van der Waals surface area contributed by atoms with Crippen molar-refractivity contribution in [2.24, 2.45) is 0 Å². The molecule has 5 rings (SSSR count). The summed E-state index contributed by atoms with van der Waals surface area (Å²) in [5.41, 5.74) is 8.63. The zero-order chi connectivity index (χ0) is 21.4. The first-order valence-electron chi connectivity index (χ1n) is 10.2. The molecule has 1 aliphatic heterocycles. The van der Waals surface area contributed by atoms with E-state index in [0.717, 1.165) is 33.7 Å². The third-order valence-electron chi connectivity index (χ3n) is 5.75. The first-order valence-corrected chi connectivity index (χ1v) is 10.2. The van der Waals surface area contributed by atoms with Gasteiger partial charge in [-0.05, 0) is 41.3 Å². The van der Waals surface area contributed by atoms with E-state index in [1.807, 2.05) is 35.0 Å². The molecule has 0 aliphatic carbocycles. The molecule has 1 saturated heterocycles. The van der Waals surface area contributed by atoms with E-state index >= 15 is 0 Å². The lowest BCUT2D eigenvalue weighted by molar-refractivity contribution is -0.125. The Kier molecular flexibility index (Phi) is 4.64. The number of rotatable bonds is 2. The van der Waals surface area contributed by atoms with Crippen LogP contribution in [0.4, 0.5) is 5.82 Å². The Balaban J connectivity index is 1.59. The van der Waals surface area contributed by atoms with E-state index in [2.05, 4.69) is 41.6 Å². The first-order chi connectivity index (χ1) is 15.2. The van der Waals surface area contributed by atoms with Crippen LogP contribution in [0, 0.1) is 11.8 Å². The molecule has 0 spiro atoms. The van der Waals surface area contributed by atoms with Gasteiger partial charge >= 0.3 is 0 Å². The number of amides is 1. The Morgan fingerprint density at radius 2 is 2.00 bits per heavy atom. The van der Waals surface area contributed by atoms with Gasteiger partial charge in [0, 0.05) is 24.8 Å². The molecular weight excluding hydrogens is 386 g/mol. The number of fused-ring (bicyclic) bond motifs is 2. The molecule has 2 aromatic carbocycles. The van der Waals surface area contributed by atoms with E-state index in [1.54, 1.807) is 11.1 Å². The molecule has 2 aromatic heterocycles. The summed E-state index contributed by atoms with van der Waals surface area (Å²) in [6.45, 7) is 4.85. The maximum absolute atomic E-state index is 12.0. The summed E-state index contributed by atoms with van der Waals surface area (Å²) in [5.74, 6) is 6.85. The van der Waals surface area contributed by atoms with Crippen molar-refractivity contribution in [2.45, 2.75) is 12.5 Å². The predicted octanol–water partition coefficient (Wildman–Crippen LogP) is 3.53. The highest BCUT2D eigenvalue weighted by atomic mass is 16.2. The van der Waals surface area contributed by atoms with Crippen LogP contribution < -0.4 is 5.73 Å². The van der Waals surface area contributed by atoms with Gasteiger partial charge in [-0.15, -0.1) is 0 Å². The van der Waals surface area contributed by atoms with E-state index in [1.165, 1.54) is 6.08 Å². The molecule has 1 atom stereocenters. The van der Waals surface area contributed by atoms with E-state index in [-0.39, 0.29) is 11.9 Å². The summed E-state index contributed by atoms with van der Waals surface area (Å²) in [4.78, 5) is 18.0.